The van der Waals surface area contributed by atoms with Crippen LogP contribution in [0.15, 0.2) is 24.0 Å². The molecule has 6 nitrogen and oxygen atoms in total. The van der Waals surface area contributed by atoms with Crippen LogP contribution in [0.5, 0.6) is 0 Å². The molecule has 6 heteroatoms. The maximum atomic E-state index is 12.2. The van der Waals surface area contributed by atoms with Gasteiger partial charge in [0, 0.05) is 32.4 Å². The quantitative estimate of drug-likeness (QED) is 0.699. The van der Waals surface area contributed by atoms with E-state index in [0.717, 1.165) is 17.8 Å². The lowest BCUT2D eigenvalue weighted by Gasteiger charge is -2.23. The highest BCUT2D eigenvalue weighted by atomic mass is 16.2. The van der Waals surface area contributed by atoms with Gasteiger partial charge in [-0.25, -0.2) is 0 Å². The second-order valence-corrected chi connectivity index (χ2v) is 6.67. The molecule has 1 amide bonds. The SMILES string of the molecule is C#CC.CC(=O)CCN.CC/C(C)=C\N(C)C(C)C(=O)Nc1cc(C)n(C)c1. The molecule has 3 N–H and O–H groups in total. The predicted octanol–water partition coefficient (Wildman–Crippen LogP) is 3.47. The number of carbonyl (C=O) groups is 2. The molecule has 0 fully saturated rings. The van der Waals surface area contributed by atoms with Crippen LogP contribution in [-0.2, 0) is 16.6 Å². The van der Waals surface area contributed by atoms with Crippen molar-refractivity contribution in [2.24, 2.45) is 12.8 Å². The van der Waals surface area contributed by atoms with Crippen LogP contribution in [0.25, 0.3) is 0 Å². The zero-order valence-electron chi connectivity index (χ0n) is 18.8. The number of anilines is 1. The van der Waals surface area contributed by atoms with E-state index >= 15 is 0 Å². The number of carbonyl (C=O) groups excluding carboxylic acids is 2. The minimum Gasteiger partial charge on any atom is -0.369 e. The molecule has 0 aromatic carbocycles. The van der Waals surface area contributed by atoms with Crippen molar-refractivity contribution in [1.29, 1.82) is 0 Å². The number of aromatic nitrogens is 1. The summed E-state index contributed by atoms with van der Waals surface area (Å²) in [5.41, 5.74) is 8.24. The lowest BCUT2D eigenvalue weighted by molar-refractivity contribution is -0.119. The molecule has 1 atom stereocenters. The van der Waals surface area contributed by atoms with Gasteiger partial charge < -0.3 is 20.5 Å². The van der Waals surface area contributed by atoms with E-state index in [4.69, 9.17) is 5.73 Å². The number of nitrogens with two attached hydrogens (primary N) is 1. The number of hydrogen-bond acceptors (Lipinski definition) is 4. The number of nitrogens with one attached hydrogen (secondary N) is 1. The molecule has 1 aromatic rings. The van der Waals surface area contributed by atoms with Crippen molar-refractivity contribution < 1.29 is 9.59 Å². The van der Waals surface area contributed by atoms with Gasteiger partial charge in [-0.1, -0.05) is 12.5 Å². The second kappa shape index (κ2) is 15.5. The van der Waals surface area contributed by atoms with Crippen molar-refractivity contribution in [3.63, 3.8) is 0 Å². The van der Waals surface area contributed by atoms with E-state index < -0.39 is 0 Å². The minimum absolute atomic E-state index is 0.00764. The number of rotatable bonds is 7. The van der Waals surface area contributed by atoms with E-state index in [1.165, 1.54) is 12.5 Å². The Kier molecular flexibility index (Phi) is 15.4. The topological polar surface area (TPSA) is 80.4 Å². The van der Waals surface area contributed by atoms with Crippen molar-refractivity contribution in [3.05, 3.63) is 29.7 Å². The minimum atomic E-state index is -0.193. The Labute approximate surface area is 171 Å². The Morgan fingerprint density at radius 2 is 1.96 bits per heavy atom. The van der Waals surface area contributed by atoms with Crippen molar-refractivity contribution in [2.75, 3.05) is 18.9 Å². The average molecular weight is 391 g/mol. The molecular weight excluding hydrogens is 352 g/mol. The van der Waals surface area contributed by atoms with Gasteiger partial charge in [0.25, 0.3) is 0 Å². The fourth-order valence-corrected chi connectivity index (χ4v) is 1.93. The van der Waals surface area contributed by atoms with Crippen LogP contribution in [0.1, 0.15) is 53.2 Å². The van der Waals surface area contributed by atoms with Gasteiger partial charge in [0.2, 0.25) is 5.91 Å². The molecule has 0 aliphatic heterocycles. The van der Waals surface area contributed by atoms with Gasteiger partial charge in [-0.05, 0) is 59.9 Å². The van der Waals surface area contributed by atoms with Crippen LogP contribution < -0.4 is 11.1 Å². The Morgan fingerprint density at radius 1 is 1.43 bits per heavy atom. The third kappa shape index (κ3) is 12.8. The van der Waals surface area contributed by atoms with E-state index in [2.05, 4.69) is 31.5 Å². The molecule has 158 valence electrons. The fourth-order valence-electron chi connectivity index (χ4n) is 1.93. The molecule has 1 rings (SSSR count). The van der Waals surface area contributed by atoms with Crippen molar-refractivity contribution in [2.45, 2.75) is 60.4 Å². The predicted molar refractivity (Wildman–Crippen MR) is 119 cm³/mol. The van der Waals surface area contributed by atoms with Crippen molar-refractivity contribution in [3.8, 4) is 12.3 Å². The van der Waals surface area contributed by atoms with E-state index in [9.17, 15) is 9.59 Å². The molecule has 0 spiro atoms. The molecule has 0 aliphatic rings. The van der Waals surface area contributed by atoms with Crippen LogP contribution >= 0.6 is 0 Å². The molecule has 0 saturated carbocycles. The van der Waals surface area contributed by atoms with Gasteiger partial charge in [-0.2, -0.15) is 0 Å². The molecule has 1 heterocycles. The summed E-state index contributed by atoms with van der Waals surface area (Å²) in [6.07, 6.45) is 10.1. The number of Topliss-reactive ketones (excluding diaryl/α,β-unsaturated/α-hetero) is 1. The number of amides is 1. The maximum Gasteiger partial charge on any atom is 0.246 e. The number of aryl methyl sites for hydroxylation is 2. The van der Waals surface area contributed by atoms with E-state index in [1.807, 2.05) is 55.9 Å². The van der Waals surface area contributed by atoms with Gasteiger partial charge in [0.1, 0.15) is 11.8 Å². The third-order valence-corrected chi connectivity index (χ3v) is 3.99. The monoisotopic (exact) mass is 390 g/mol. The molecule has 28 heavy (non-hydrogen) atoms. The maximum absolute atomic E-state index is 12.2. The Hall–Kier alpha value is -2.52. The number of likely N-dealkylation sites (N-methyl/N-ethyl adjacent to an activating group) is 1. The molecule has 1 aromatic heterocycles. The number of nitrogens with zero attached hydrogens (tertiary/aromatic N) is 2. The van der Waals surface area contributed by atoms with E-state index in [0.29, 0.717) is 13.0 Å². The fraction of sp³-hybridized carbons (Fsp3) is 0.545. The highest BCUT2D eigenvalue weighted by molar-refractivity contribution is 5.94. The molecular formula is C22H38N4O2. The Bertz CT molecular complexity index is 649. The summed E-state index contributed by atoms with van der Waals surface area (Å²) in [6.45, 7) is 11.8. The lowest BCUT2D eigenvalue weighted by Crippen LogP contribution is -2.36. The smallest absolute Gasteiger partial charge is 0.246 e. The summed E-state index contributed by atoms with van der Waals surface area (Å²) < 4.78 is 1.99. The molecule has 0 radical (unpaired) electrons. The van der Waals surface area contributed by atoms with E-state index in [1.54, 1.807) is 6.92 Å². The van der Waals surface area contributed by atoms with Gasteiger partial charge >= 0.3 is 0 Å². The first kappa shape index (κ1) is 27.7. The Morgan fingerprint density at radius 3 is 2.29 bits per heavy atom. The number of terminal acetylenes is 1. The first-order chi connectivity index (χ1) is 13.0. The van der Waals surface area contributed by atoms with Crippen LogP contribution in [-0.4, -0.2) is 40.8 Å². The molecule has 1 unspecified atom stereocenters. The summed E-state index contributed by atoms with van der Waals surface area (Å²) in [5, 5.41) is 2.94. The van der Waals surface area contributed by atoms with Crippen LogP contribution in [0, 0.1) is 19.3 Å². The normalized spacial score (nSPS) is 11.1. The van der Waals surface area contributed by atoms with E-state index in [-0.39, 0.29) is 17.7 Å². The van der Waals surface area contributed by atoms with Crippen LogP contribution in [0.3, 0.4) is 0 Å². The lowest BCUT2D eigenvalue weighted by atomic mass is 10.2. The second-order valence-electron chi connectivity index (χ2n) is 6.67. The highest BCUT2D eigenvalue weighted by Crippen LogP contribution is 2.13. The van der Waals surface area contributed by atoms with Crippen LogP contribution in [0.4, 0.5) is 5.69 Å². The number of hydrogen-bond donors (Lipinski definition) is 2. The largest absolute Gasteiger partial charge is 0.369 e. The van der Waals surface area contributed by atoms with Gasteiger partial charge in [0.15, 0.2) is 0 Å². The Balaban J connectivity index is 0. The zero-order valence-corrected chi connectivity index (χ0v) is 18.8. The number of allylic oxidation sites excluding steroid dienone is 1. The molecule has 0 bridgehead atoms. The van der Waals surface area contributed by atoms with Crippen LogP contribution in [0.2, 0.25) is 0 Å². The summed E-state index contributed by atoms with van der Waals surface area (Å²) in [7, 11) is 3.90. The molecule has 0 aliphatic carbocycles. The summed E-state index contributed by atoms with van der Waals surface area (Å²) in [6, 6.07) is 1.78. The third-order valence-electron chi connectivity index (χ3n) is 3.99. The first-order valence-electron chi connectivity index (χ1n) is 9.43. The average Bonchev–Trinajstić information content (AvgIpc) is 2.92. The van der Waals surface area contributed by atoms with Gasteiger partial charge in [-0.15, -0.1) is 12.3 Å². The zero-order chi connectivity index (χ0) is 22.3. The van der Waals surface area contributed by atoms with Gasteiger partial charge in [0.05, 0.1) is 5.69 Å². The highest BCUT2D eigenvalue weighted by Gasteiger charge is 2.16. The summed E-state index contributed by atoms with van der Waals surface area (Å²) >= 11 is 0. The van der Waals surface area contributed by atoms with Gasteiger partial charge in [-0.3, -0.25) is 9.59 Å². The summed E-state index contributed by atoms with van der Waals surface area (Å²) in [4.78, 5) is 24.1. The standard InChI is InChI=1S/C15H25N3O.C4H9NO.C3H4/c1-7-11(2)9-18(6)13(4)15(19)16-14-8-12(3)17(5)10-14;1-4(6)2-3-5;1-3-2/h8-10,13H,7H2,1-6H3,(H,16,19);2-3,5H2,1H3;1H,2H3/b11-9-;;. The van der Waals surface area contributed by atoms with Crippen molar-refractivity contribution in [1.82, 2.24) is 9.47 Å². The molecule has 0 saturated heterocycles. The first-order valence-corrected chi connectivity index (χ1v) is 9.43. The summed E-state index contributed by atoms with van der Waals surface area (Å²) in [5.74, 6) is 2.42. The number of ketones is 1. The van der Waals surface area contributed by atoms with Crippen molar-refractivity contribution >= 4 is 17.4 Å².